The molecule has 1 aromatic heterocycles. The van der Waals surface area contributed by atoms with Gasteiger partial charge >= 0.3 is 0 Å². The molecule has 0 spiro atoms. The van der Waals surface area contributed by atoms with Gasteiger partial charge in [-0.05, 0) is 19.1 Å². The first-order valence-corrected chi connectivity index (χ1v) is 10.5. The van der Waals surface area contributed by atoms with Gasteiger partial charge in [0, 0.05) is 43.8 Å². The Kier molecular flexibility index (Phi) is 5.84. The Labute approximate surface area is 159 Å². The Morgan fingerprint density at radius 1 is 1.26 bits per heavy atom. The van der Waals surface area contributed by atoms with Crippen LogP contribution >= 0.6 is 11.3 Å². The van der Waals surface area contributed by atoms with E-state index in [1.165, 1.54) is 11.3 Å². The second kappa shape index (κ2) is 7.97. The van der Waals surface area contributed by atoms with Crippen molar-refractivity contribution in [2.75, 3.05) is 31.5 Å². The van der Waals surface area contributed by atoms with Crippen LogP contribution in [0.4, 0.5) is 13.9 Å². The van der Waals surface area contributed by atoms with E-state index < -0.39 is 32.6 Å². The zero-order valence-electron chi connectivity index (χ0n) is 14.4. The van der Waals surface area contributed by atoms with Crippen LogP contribution in [0.15, 0.2) is 34.7 Å². The molecule has 1 aliphatic rings. The second-order valence-corrected chi connectivity index (χ2v) is 8.82. The normalized spacial score (nSPS) is 17.6. The molecule has 0 aliphatic carbocycles. The number of piperazine rings is 1. The van der Waals surface area contributed by atoms with E-state index in [9.17, 15) is 22.0 Å². The van der Waals surface area contributed by atoms with E-state index in [0.717, 1.165) is 16.4 Å². The highest BCUT2D eigenvalue weighted by molar-refractivity contribution is 7.89. The Morgan fingerprint density at radius 2 is 1.96 bits per heavy atom. The summed E-state index contributed by atoms with van der Waals surface area (Å²) in [5.74, 6) is -2.18. The topological polar surface area (TPSA) is 82.6 Å². The monoisotopic (exact) mass is 416 g/mol. The summed E-state index contributed by atoms with van der Waals surface area (Å²) in [6.07, 6.45) is 1.59. The lowest BCUT2D eigenvalue weighted by atomic mass is 10.2. The smallest absolute Gasteiger partial charge is 0.246 e. The number of benzene rings is 1. The summed E-state index contributed by atoms with van der Waals surface area (Å²) < 4.78 is 53.3. The molecule has 0 bridgehead atoms. The van der Waals surface area contributed by atoms with Crippen LogP contribution in [0.3, 0.4) is 0 Å². The van der Waals surface area contributed by atoms with Crippen LogP contribution in [-0.4, -0.2) is 60.7 Å². The molecule has 1 amide bonds. The Bertz CT molecular complexity index is 914. The number of sulfonamides is 1. The quantitative estimate of drug-likeness (QED) is 0.803. The molecule has 1 N–H and O–H groups in total. The van der Waals surface area contributed by atoms with Gasteiger partial charge in [0.25, 0.3) is 0 Å². The van der Waals surface area contributed by atoms with Crippen LogP contribution in [0, 0.1) is 11.6 Å². The van der Waals surface area contributed by atoms with Crippen molar-refractivity contribution in [2.24, 2.45) is 0 Å². The van der Waals surface area contributed by atoms with Gasteiger partial charge in [0.2, 0.25) is 15.9 Å². The molecule has 1 atom stereocenters. The molecule has 2 heterocycles. The van der Waals surface area contributed by atoms with Gasteiger partial charge in [-0.2, -0.15) is 4.31 Å². The lowest BCUT2D eigenvalue weighted by Crippen LogP contribution is -2.54. The maximum Gasteiger partial charge on any atom is 0.246 e. The number of carbonyl (C=O) groups is 1. The Hall–Kier alpha value is -1.95. The van der Waals surface area contributed by atoms with Crippen molar-refractivity contribution in [3.8, 4) is 0 Å². The number of hydrogen-bond acceptors (Lipinski definition) is 6. The van der Waals surface area contributed by atoms with Crippen molar-refractivity contribution in [3.63, 3.8) is 0 Å². The first-order chi connectivity index (χ1) is 12.8. The molecule has 27 heavy (non-hydrogen) atoms. The molecule has 146 valence electrons. The molecule has 11 heteroatoms. The summed E-state index contributed by atoms with van der Waals surface area (Å²) in [7, 11) is -4.06. The van der Waals surface area contributed by atoms with Gasteiger partial charge in [-0.25, -0.2) is 22.2 Å². The van der Waals surface area contributed by atoms with Crippen molar-refractivity contribution in [2.45, 2.75) is 17.9 Å². The molecule has 0 saturated carbocycles. The first kappa shape index (κ1) is 19.8. The fourth-order valence-electron chi connectivity index (χ4n) is 2.82. The van der Waals surface area contributed by atoms with E-state index in [0.29, 0.717) is 24.3 Å². The summed E-state index contributed by atoms with van der Waals surface area (Å²) in [4.78, 5) is 17.6. The lowest BCUT2D eigenvalue weighted by molar-refractivity contribution is -0.121. The molecule has 1 aliphatic heterocycles. The molecule has 0 radical (unpaired) electrons. The highest BCUT2D eigenvalue weighted by Crippen LogP contribution is 2.22. The standard InChI is InChI=1S/C16H18F2N4O3S2/c1-11(15(23)20-16-19-4-9-26-16)21-5-7-22(8-6-21)27(24,25)14-3-2-12(17)10-13(14)18/h2-4,9-11H,5-8H2,1H3,(H,19,20,23). The van der Waals surface area contributed by atoms with E-state index in [1.807, 2.05) is 4.90 Å². The summed E-state index contributed by atoms with van der Waals surface area (Å²) in [6.45, 7) is 2.57. The number of amides is 1. The second-order valence-electron chi connectivity index (χ2n) is 6.02. The number of rotatable bonds is 5. The molecule has 2 aromatic rings. The van der Waals surface area contributed by atoms with Gasteiger partial charge in [0.15, 0.2) is 5.13 Å². The van der Waals surface area contributed by atoms with Crippen molar-refractivity contribution in [1.82, 2.24) is 14.2 Å². The van der Waals surface area contributed by atoms with Gasteiger partial charge in [-0.3, -0.25) is 9.69 Å². The number of anilines is 1. The number of carbonyl (C=O) groups excluding carboxylic acids is 1. The predicted molar refractivity (Wildman–Crippen MR) is 96.9 cm³/mol. The predicted octanol–water partition coefficient (Wildman–Crippen LogP) is 1.75. The molecule has 7 nitrogen and oxygen atoms in total. The van der Waals surface area contributed by atoms with Crippen molar-refractivity contribution in [1.29, 1.82) is 0 Å². The number of hydrogen-bond donors (Lipinski definition) is 1. The molecule has 1 fully saturated rings. The first-order valence-electron chi connectivity index (χ1n) is 8.18. The molecule has 1 saturated heterocycles. The van der Waals surface area contributed by atoms with Crippen molar-refractivity contribution >= 4 is 32.4 Å². The van der Waals surface area contributed by atoms with E-state index in [1.54, 1.807) is 18.5 Å². The number of nitrogens with one attached hydrogen (secondary N) is 1. The van der Waals surface area contributed by atoms with Gasteiger partial charge in [-0.15, -0.1) is 11.3 Å². The zero-order valence-corrected chi connectivity index (χ0v) is 16.1. The van der Waals surface area contributed by atoms with Crippen LogP contribution in [0.1, 0.15) is 6.92 Å². The minimum Gasteiger partial charge on any atom is -0.301 e. The van der Waals surface area contributed by atoms with E-state index in [4.69, 9.17) is 0 Å². The summed E-state index contributed by atoms with van der Waals surface area (Å²) >= 11 is 1.31. The van der Waals surface area contributed by atoms with Crippen LogP contribution in [-0.2, 0) is 14.8 Å². The van der Waals surface area contributed by atoms with E-state index >= 15 is 0 Å². The fraction of sp³-hybridized carbons (Fsp3) is 0.375. The molecular weight excluding hydrogens is 398 g/mol. The molecular formula is C16H18F2N4O3S2. The number of aromatic nitrogens is 1. The Morgan fingerprint density at radius 3 is 2.56 bits per heavy atom. The average Bonchev–Trinajstić information content (AvgIpc) is 3.14. The fourth-order valence-corrected chi connectivity index (χ4v) is 4.81. The third-order valence-electron chi connectivity index (χ3n) is 4.37. The number of nitrogens with zero attached hydrogens (tertiary/aromatic N) is 3. The average molecular weight is 416 g/mol. The lowest BCUT2D eigenvalue weighted by Gasteiger charge is -2.36. The summed E-state index contributed by atoms with van der Waals surface area (Å²) in [5, 5.41) is 4.96. The van der Waals surface area contributed by atoms with Crippen LogP contribution < -0.4 is 5.32 Å². The van der Waals surface area contributed by atoms with Crippen molar-refractivity contribution < 1.29 is 22.0 Å². The van der Waals surface area contributed by atoms with Crippen molar-refractivity contribution in [3.05, 3.63) is 41.4 Å². The van der Waals surface area contributed by atoms with Crippen LogP contribution in [0.5, 0.6) is 0 Å². The number of halogens is 2. The minimum atomic E-state index is -4.06. The van der Waals surface area contributed by atoms with E-state index in [-0.39, 0.29) is 19.0 Å². The van der Waals surface area contributed by atoms with Gasteiger partial charge in [-0.1, -0.05) is 0 Å². The molecule has 1 unspecified atom stereocenters. The molecule has 1 aromatic carbocycles. The molecule has 3 rings (SSSR count). The highest BCUT2D eigenvalue weighted by Gasteiger charge is 2.33. The number of thiazole rings is 1. The Balaban J connectivity index is 1.63. The van der Waals surface area contributed by atoms with Gasteiger partial charge < -0.3 is 5.32 Å². The summed E-state index contributed by atoms with van der Waals surface area (Å²) in [6, 6.07) is 1.92. The van der Waals surface area contributed by atoms with E-state index in [2.05, 4.69) is 10.3 Å². The largest absolute Gasteiger partial charge is 0.301 e. The zero-order chi connectivity index (χ0) is 19.6. The minimum absolute atomic E-state index is 0.105. The third-order valence-corrected chi connectivity index (χ3v) is 7.00. The van der Waals surface area contributed by atoms with Gasteiger partial charge in [0.1, 0.15) is 16.5 Å². The SMILES string of the molecule is CC(C(=O)Nc1nccs1)N1CCN(S(=O)(=O)c2ccc(F)cc2F)CC1. The van der Waals surface area contributed by atoms with Crippen LogP contribution in [0.25, 0.3) is 0 Å². The highest BCUT2D eigenvalue weighted by atomic mass is 32.2. The summed E-state index contributed by atoms with van der Waals surface area (Å²) in [5.41, 5.74) is 0. The maximum absolute atomic E-state index is 13.9. The van der Waals surface area contributed by atoms with Crippen LogP contribution in [0.2, 0.25) is 0 Å². The maximum atomic E-state index is 13.9. The third kappa shape index (κ3) is 4.32. The van der Waals surface area contributed by atoms with Gasteiger partial charge in [0.05, 0.1) is 6.04 Å².